The molecule has 9 heteroatoms. The maximum absolute atomic E-state index is 13.3. The van der Waals surface area contributed by atoms with Gasteiger partial charge in [0.25, 0.3) is 10.0 Å². The molecule has 0 fully saturated rings. The Kier molecular flexibility index (Phi) is 6.55. The minimum atomic E-state index is -3.67. The van der Waals surface area contributed by atoms with Crippen molar-refractivity contribution >= 4 is 48.1 Å². The Bertz CT molecular complexity index is 1610. The number of nitrogens with one attached hydrogen (secondary N) is 2. The van der Waals surface area contributed by atoms with Crippen LogP contribution in [0, 0.1) is 12.7 Å². The van der Waals surface area contributed by atoms with Crippen molar-refractivity contribution in [3.63, 3.8) is 0 Å². The van der Waals surface area contributed by atoms with Gasteiger partial charge in [-0.15, -0.1) is 11.3 Å². The Labute approximate surface area is 206 Å². The Morgan fingerprint density at radius 1 is 1.06 bits per heavy atom. The van der Waals surface area contributed by atoms with Gasteiger partial charge in [-0.25, -0.2) is 12.8 Å². The first-order chi connectivity index (χ1) is 16.9. The average Bonchev–Trinajstić information content (AvgIpc) is 3.43. The highest BCUT2D eigenvalue weighted by molar-refractivity contribution is 7.94. The van der Waals surface area contributed by atoms with Crippen LogP contribution in [0.2, 0.25) is 0 Å². The topological polar surface area (TPSA) is 84.2 Å². The molecule has 0 spiro atoms. The molecule has 35 heavy (non-hydrogen) atoms. The van der Waals surface area contributed by atoms with Crippen LogP contribution >= 0.6 is 11.3 Å². The largest absolute Gasteiger partial charge is 0.356 e. The number of anilines is 1. The number of sulfonamides is 1. The smallest absolute Gasteiger partial charge is 0.271 e. The molecule has 3 aromatic carbocycles. The van der Waals surface area contributed by atoms with Crippen LogP contribution in [0.4, 0.5) is 10.1 Å². The molecule has 2 heterocycles. The summed E-state index contributed by atoms with van der Waals surface area (Å²) in [7, 11) is -3.67. The van der Waals surface area contributed by atoms with Gasteiger partial charge in [-0.1, -0.05) is 35.0 Å². The number of aryl methyl sites for hydroxylation is 2. The lowest BCUT2D eigenvalue weighted by Gasteiger charge is -2.09. The predicted molar refractivity (Wildman–Crippen MR) is 138 cm³/mol. The lowest BCUT2D eigenvalue weighted by atomic mass is 10.1. The molecule has 0 amide bonds. The first-order valence-corrected chi connectivity index (χ1v) is 13.5. The number of halogens is 1. The van der Waals surface area contributed by atoms with E-state index in [-0.39, 0.29) is 5.82 Å². The van der Waals surface area contributed by atoms with Crippen LogP contribution in [-0.2, 0) is 23.0 Å². The molecule has 0 atom stereocenters. The molecule has 2 aromatic heterocycles. The van der Waals surface area contributed by atoms with E-state index in [9.17, 15) is 12.8 Å². The van der Waals surface area contributed by atoms with E-state index in [4.69, 9.17) is 4.52 Å². The third-order valence-corrected chi connectivity index (χ3v) is 8.67. The highest BCUT2D eigenvalue weighted by Gasteiger charge is 2.18. The molecule has 0 aliphatic carbocycles. The fraction of sp³-hybridized carbons (Fsp3) is 0.192. The van der Waals surface area contributed by atoms with Crippen molar-refractivity contribution in [2.75, 3.05) is 11.3 Å². The normalized spacial score (nSPS) is 11.9. The number of thiophene rings is 1. The summed E-state index contributed by atoms with van der Waals surface area (Å²) in [6.07, 6.45) is 1.54. The van der Waals surface area contributed by atoms with Gasteiger partial charge in [0.2, 0.25) is 0 Å². The molecule has 180 valence electrons. The van der Waals surface area contributed by atoms with Gasteiger partial charge in [0, 0.05) is 28.4 Å². The molecule has 0 radical (unpaired) electrons. The van der Waals surface area contributed by atoms with Crippen molar-refractivity contribution in [1.29, 1.82) is 0 Å². The summed E-state index contributed by atoms with van der Waals surface area (Å²) in [5.74, 6) is -0.342. The fourth-order valence-corrected chi connectivity index (χ4v) is 6.41. The van der Waals surface area contributed by atoms with E-state index in [2.05, 4.69) is 15.2 Å². The fourth-order valence-electron chi connectivity index (χ4n) is 3.98. The second kappa shape index (κ2) is 9.77. The second-order valence-corrected chi connectivity index (χ2v) is 11.5. The molecule has 0 saturated heterocycles. The molecule has 0 saturated carbocycles. The van der Waals surface area contributed by atoms with Crippen LogP contribution in [-0.4, -0.2) is 20.1 Å². The zero-order valence-electron chi connectivity index (χ0n) is 19.0. The molecule has 0 bridgehead atoms. The minimum absolute atomic E-state index is 0.296. The third kappa shape index (κ3) is 5.37. The first kappa shape index (κ1) is 23.5. The second-order valence-electron chi connectivity index (χ2n) is 8.46. The summed E-state index contributed by atoms with van der Waals surface area (Å²) in [5, 5.41) is 9.18. The quantitative estimate of drug-likeness (QED) is 0.238. The van der Waals surface area contributed by atoms with E-state index in [1.54, 1.807) is 18.2 Å². The highest BCUT2D eigenvalue weighted by atomic mass is 32.2. The number of rotatable bonds is 9. The van der Waals surface area contributed by atoms with Crippen LogP contribution in [0.5, 0.6) is 0 Å². The van der Waals surface area contributed by atoms with Crippen LogP contribution in [0.1, 0.15) is 23.2 Å². The van der Waals surface area contributed by atoms with Gasteiger partial charge in [-0.2, -0.15) is 0 Å². The third-order valence-electron chi connectivity index (χ3n) is 5.70. The molecular formula is C26H24FN3O3S2. The molecule has 2 N–H and O–H groups in total. The number of aromatic nitrogens is 1. The summed E-state index contributed by atoms with van der Waals surface area (Å²) < 4.78 is 48.3. The van der Waals surface area contributed by atoms with Crippen molar-refractivity contribution < 1.29 is 17.3 Å². The van der Waals surface area contributed by atoms with E-state index < -0.39 is 10.0 Å². The van der Waals surface area contributed by atoms with Crippen molar-refractivity contribution in [2.24, 2.45) is 0 Å². The molecule has 5 aromatic rings. The summed E-state index contributed by atoms with van der Waals surface area (Å²) in [6, 6.07) is 19.4. The summed E-state index contributed by atoms with van der Waals surface area (Å²) in [5.41, 5.74) is 3.86. The van der Waals surface area contributed by atoms with Crippen molar-refractivity contribution in [2.45, 2.75) is 30.5 Å². The number of hydrogen-bond acceptors (Lipinski definition) is 6. The van der Waals surface area contributed by atoms with Gasteiger partial charge in [0.15, 0.2) is 5.58 Å². The first-order valence-electron chi connectivity index (χ1n) is 11.2. The molecule has 6 nitrogen and oxygen atoms in total. The predicted octanol–water partition coefficient (Wildman–Crippen LogP) is 6.01. The molecule has 0 aliphatic rings. The van der Waals surface area contributed by atoms with E-state index in [0.29, 0.717) is 28.4 Å². The van der Waals surface area contributed by atoms with Gasteiger partial charge in [0.05, 0.1) is 5.69 Å². The van der Waals surface area contributed by atoms with Gasteiger partial charge in [-0.05, 0) is 73.7 Å². The van der Waals surface area contributed by atoms with E-state index >= 15 is 0 Å². The number of fused-ring (bicyclic) bond motifs is 2. The SMILES string of the molecule is Cc1ccc2sc(S(=O)(=O)Nc3cccc(CNCCCc4noc5cc(F)ccc45)c3)cc2c1. The molecule has 0 aliphatic heterocycles. The Hall–Kier alpha value is -3.27. The standard InChI is InChI=1S/C26H24FN3O3S2/c1-17-7-10-25-19(12-17)14-26(34-25)35(31,32)30-21-5-2-4-18(13-21)16-28-11-3-6-23-22-9-8-20(27)15-24(22)33-29-23/h2,4-5,7-10,12-15,28,30H,3,6,11,16H2,1H3. The Balaban J connectivity index is 1.16. The van der Waals surface area contributed by atoms with Crippen molar-refractivity contribution in [1.82, 2.24) is 10.5 Å². The lowest BCUT2D eigenvalue weighted by molar-refractivity contribution is 0.442. The maximum atomic E-state index is 13.3. The lowest BCUT2D eigenvalue weighted by Crippen LogP contribution is -2.16. The highest BCUT2D eigenvalue weighted by Crippen LogP contribution is 2.31. The van der Waals surface area contributed by atoms with E-state index in [0.717, 1.165) is 45.3 Å². The van der Waals surface area contributed by atoms with Gasteiger partial charge >= 0.3 is 0 Å². The summed E-state index contributed by atoms with van der Waals surface area (Å²) in [4.78, 5) is 0. The number of nitrogens with zero attached hydrogens (tertiary/aromatic N) is 1. The summed E-state index contributed by atoms with van der Waals surface area (Å²) >= 11 is 1.26. The van der Waals surface area contributed by atoms with Gasteiger partial charge in [-0.3, -0.25) is 4.72 Å². The van der Waals surface area contributed by atoms with Crippen LogP contribution in [0.25, 0.3) is 21.1 Å². The van der Waals surface area contributed by atoms with E-state index in [1.807, 2.05) is 43.3 Å². The van der Waals surface area contributed by atoms with Crippen LogP contribution in [0.3, 0.4) is 0 Å². The Morgan fingerprint density at radius 3 is 2.83 bits per heavy atom. The van der Waals surface area contributed by atoms with Gasteiger partial charge in [0.1, 0.15) is 10.0 Å². The molecule has 5 rings (SSSR count). The van der Waals surface area contributed by atoms with E-state index in [1.165, 1.54) is 23.5 Å². The van der Waals surface area contributed by atoms with Gasteiger partial charge < -0.3 is 9.84 Å². The minimum Gasteiger partial charge on any atom is -0.356 e. The monoisotopic (exact) mass is 509 g/mol. The summed E-state index contributed by atoms with van der Waals surface area (Å²) in [6.45, 7) is 3.33. The zero-order valence-corrected chi connectivity index (χ0v) is 20.7. The van der Waals surface area contributed by atoms with Crippen LogP contribution in [0.15, 0.2) is 75.5 Å². The zero-order chi connectivity index (χ0) is 24.4. The number of hydrogen-bond donors (Lipinski definition) is 2. The van der Waals surface area contributed by atoms with Crippen molar-refractivity contribution in [3.05, 3.63) is 89.4 Å². The van der Waals surface area contributed by atoms with Crippen LogP contribution < -0.4 is 10.0 Å². The molecule has 0 unspecified atom stereocenters. The number of benzene rings is 3. The van der Waals surface area contributed by atoms with Crippen molar-refractivity contribution in [3.8, 4) is 0 Å². The Morgan fingerprint density at radius 2 is 1.94 bits per heavy atom. The molecular weight excluding hydrogens is 485 g/mol. The maximum Gasteiger partial charge on any atom is 0.271 e. The average molecular weight is 510 g/mol.